The Balaban J connectivity index is 1.70. The molecule has 1 aromatic heterocycles. The molecule has 3 aromatic rings. The Kier molecular flexibility index (Phi) is 8.08. The van der Waals surface area contributed by atoms with Gasteiger partial charge in [0, 0.05) is 23.2 Å². The molecule has 0 N–H and O–H groups in total. The van der Waals surface area contributed by atoms with Gasteiger partial charge in [0.1, 0.15) is 0 Å². The Labute approximate surface area is 212 Å². The maximum Gasteiger partial charge on any atom is 0.254 e. The van der Waals surface area contributed by atoms with Gasteiger partial charge in [0.2, 0.25) is 15.0 Å². The van der Waals surface area contributed by atoms with E-state index in [1.807, 2.05) is 34.9 Å². The van der Waals surface area contributed by atoms with E-state index in [4.69, 9.17) is 11.6 Å². The Hall–Kier alpha value is -2.90. The molecule has 1 heterocycles. The van der Waals surface area contributed by atoms with Gasteiger partial charge < -0.3 is 9.47 Å². The van der Waals surface area contributed by atoms with Gasteiger partial charge >= 0.3 is 0 Å². The first kappa shape index (κ1) is 25.2. The molecule has 0 radical (unpaired) electrons. The number of hydrogen-bond acceptors (Lipinski definition) is 4. The topological polar surface area (TPSA) is 72.3 Å². The Bertz CT molecular complexity index is 1280. The molecule has 1 aliphatic rings. The molecular formula is C27H30ClN3O3S. The molecule has 0 bridgehead atoms. The summed E-state index contributed by atoms with van der Waals surface area (Å²) in [6.07, 6.45) is 8.27. The standard InChI is InChI=1S/C27H30ClN3O3S/c1-2-16-30(26(32)22-12-9-13-23(28)17-22)19-25-18-29-27(31(25)24-14-7-4-8-15-24)35(33,34)20-21-10-5-3-6-11-21/h2-3,5-6,9-13,17-18,24H,1,4,7-8,14-16,19-20H2. The van der Waals surface area contributed by atoms with Crippen LogP contribution >= 0.6 is 11.6 Å². The molecule has 35 heavy (non-hydrogen) atoms. The van der Waals surface area contributed by atoms with E-state index in [-0.39, 0.29) is 29.4 Å². The van der Waals surface area contributed by atoms with Gasteiger partial charge in [-0.05, 0) is 36.6 Å². The van der Waals surface area contributed by atoms with E-state index in [0.29, 0.717) is 22.8 Å². The third-order valence-corrected chi connectivity index (χ3v) is 8.13. The van der Waals surface area contributed by atoms with Crippen LogP contribution in [0.3, 0.4) is 0 Å². The number of carbonyl (C=O) groups excluding carboxylic acids is 1. The van der Waals surface area contributed by atoms with Gasteiger partial charge in [0.15, 0.2) is 0 Å². The number of amides is 1. The number of rotatable bonds is 9. The van der Waals surface area contributed by atoms with Gasteiger partial charge in [-0.2, -0.15) is 0 Å². The zero-order valence-corrected chi connectivity index (χ0v) is 21.2. The fraction of sp³-hybridized carbons (Fsp3) is 0.333. The molecule has 1 fully saturated rings. The van der Waals surface area contributed by atoms with Crippen molar-refractivity contribution in [2.75, 3.05) is 6.54 Å². The lowest BCUT2D eigenvalue weighted by Crippen LogP contribution is -2.32. The first-order valence-corrected chi connectivity index (χ1v) is 13.9. The maximum absolute atomic E-state index is 13.5. The Morgan fingerprint density at radius 3 is 2.54 bits per heavy atom. The molecule has 184 valence electrons. The molecule has 1 amide bonds. The minimum atomic E-state index is -3.69. The molecule has 0 aliphatic heterocycles. The van der Waals surface area contributed by atoms with Crippen LogP contribution < -0.4 is 0 Å². The van der Waals surface area contributed by atoms with Gasteiger partial charge in [-0.1, -0.05) is 73.3 Å². The van der Waals surface area contributed by atoms with Crippen LogP contribution in [0.15, 0.2) is 78.6 Å². The molecular weight excluding hydrogens is 482 g/mol. The van der Waals surface area contributed by atoms with Crippen molar-refractivity contribution >= 4 is 27.3 Å². The zero-order chi connectivity index (χ0) is 24.8. The molecule has 1 saturated carbocycles. The molecule has 1 aliphatic carbocycles. The van der Waals surface area contributed by atoms with Gasteiger partial charge in [-0.15, -0.1) is 6.58 Å². The van der Waals surface area contributed by atoms with Crippen LogP contribution in [-0.4, -0.2) is 35.3 Å². The SMILES string of the molecule is C=CCN(Cc1cnc(S(=O)(=O)Cc2ccccc2)n1C1CCCCC1)C(=O)c1cccc(Cl)c1. The van der Waals surface area contributed by atoms with Crippen molar-refractivity contribution in [2.45, 2.75) is 55.6 Å². The first-order chi connectivity index (χ1) is 16.9. The second kappa shape index (κ2) is 11.2. The predicted octanol–water partition coefficient (Wildman–Crippen LogP) is 5.84. The summed E-state index contributed by atoms with van der Waals surface area (Å²) >= 11 is 6.11. The average molecular weight is 512 g/mol. The summed E-state index contributed by atoms with van der Waals surface area (Å²) in [4.78, 5) is 19.3. The number of nitrogens with zero attached hydrogens (tertiary/aromatic N) is 3. The largest absolute Gasteiger partial charge is 0.329 e. The molecule has 0 saturated heterocycles. The van der Waals surface area contributed by atoms with Gasteiger partial charge in [-0.25, -0.2) is 13.4 Å². The molecule has 0 atom stereocenters. The highest BCUT2D eigenvalue weighted by Crippen LogP contribution is 2.33. The molecule has 0 unspecified atom stereocenters. The van der Waals surface area contributed by atoms with Crippen LogP contribution in [0.4, 0.5) is 0 Å². The van der Waals surface area contributed by atoms with E-state index >= 15 is 0 Å². The van der Waals surface area contributed by atoms with Crippen LogP contribution in [0.25, 0.3) is 0 Å². The third kappa shape index (κ3) is 6.03. The number of benzene rings is 2. The number of imidazole rings is 1. The van der Waals surface area contributed by atoms with Crippen molar-refractivity contribution in [2.24, 2.45) is 0 Å². The molecule has 8 heteroatoms. The minimum absolute atomic E-state index is 0.0358. The van der Waals surface area contributed by atoms with E-state index in [1.165, 1.54) is 0 Å². The highest BCUT2D eigenvalue weighted by atomic mass is 35.5. The van der Waals surface area contributed by atoms with Crippen molar-refractivity contribution < 1.29 is 13.2 Å². The number of halogens is 1. The quantitative estimate of drug-likeness (QED) is 0.338. The van der Waals surface area contributed by atoms with Crippen LogP contribution in [0.1, 0.15) is 59.8 Å². The number of sulfone groups is 1. The fourth-order valence-electron chi connectivity index (χ4n) is 4.69. The van der Waals surface area contributed by atoms with E-state index < -0.39 is 9.84 Å². The van der Waals surface area contributed by atoms with Crippen LogP contribution in [0.5, 0.6) is 0 Å². The van der Waals surface area contributed by atoms with Crippen molar-refractivity contribution in [1.29, 1.82) is 0 Å². The monoisotopic (exact) mass is 511 g/mol. The minimum Gasteiger partial charge on any atom is -0.329 e. The second-order valence-corrected chi connectivity index (χ2v) is 11.2. The number of aromatic nitrogens is 2. The van der Waals surface area contributed by atoms with E-state index in [2.05, 4.69) is 11.6 Å². The lowest BCUT2D eigenvalue weighted by Gasteiger charge is -2.28. The fourth-order valence-corrected chi connectivity index (χ4v) is 6.42. The normalized spacial score (nSPS) is 14.5. The van der Waals surface area contributed by atoms with Gasteiger partial charge in [0.25, 0.3) is 5.91 Å². The Morgan fingerprint density at radius 2 is 1.86 bits per heavy atom. The van der Waals surface area contributed by atoms with Crippen LogP contribution in [0, 0.1) is 0 Å². The van der Waals surface area contributed by atoms with Crippen molar-refractivity contribution in [3.63, 3.8) is 0 Å². The van der Waals surface area contributed by atoms with E-state index in [1.54, 1.807) is 41.4 Å². The van der Waals surface area contributed by atoms with Gasteiger partial charge in [0.05, 0.1) is 24.2 Å². The van der Waals surface area contributed by atoms with Crippen molar-refractivity contribution in [3.05, 3.63) is 95.3 Å². The van der Waals surface area contributed by atoms with E-state index in [9.17, 15) is 13.2 Å². The molecule has 2 aromatic carbocycles. The number of hydrogen-bond donors (Lipinski definition) is 0. The lowest BCUT2D eigenvalue weighted by molar-refractivity contribution is 0.0757. The molecule has 0 spiro atoms. The van der Waals surface area contributed by atoms with Crippen molar-refractivity contribution in [3.8, 4) is 0 Å². The summed E-state index contributed by atoms with van der Waals surface area (Å²) in [6, 6.07) is 16.0. The summed E-state index contributed by atoms with van der Waals surface area (Å²) in [6.45, 7) is 4.34. The van der Waals surface area contributed by atoms with Gasteiger partial charge in [-0.3, -0.25) is 4.79 Å². The average Bonchev–Trinajstić information content (AvgIpc) is 3.29. The molecule has 4 rings (SSSR count). The van der Waals surface area contributed by atoms with Crippen molar-refractivity contribution in [1.82, 2.24) is 14.5 Å². The van der Waals surface area contributed by atoms with Crippen LogP contribution in [-0.2, 0) is 22.1 Å². The highest BCUT2D eigenvalue weighted by molar-refractivity contribution is 7.90. The maximum atomic E-state index is 13.5. The van der Waals surface area contributed by atoms with Crippen LogP contribution in [0.2, 0.25) is 5.02 Å². The predicted molar refractivity (Wildman–Crippen MR) is 138 cm³/mol. The highest BCUT2D eigenvalue weighted by Gasteiger charge is 2.30. The van der Waals surface area contributed by atoms with E-state index in [0.717, 1.165) is 37.7 Å². The first-order valence-electron chi connectivity index (χ1n) is 11.9. The summed E-state index contributed by atoms with van der Waals surface area (Å²) in [5, 5.41) is 0.563. The summed E-state index contributed by atoms with van der Waals surface area (Å²) < 4.78 is 28.8. The zero-order valence-electron chi connectivity index (χ0n) is 19.6. The molecule has 6 nitrogen and oxygen atoms in total. The smallest absolute Gasteiger partial charge is 0.254 e. The Morgan fingerprint density at radius 1 is 1.11 bits per heavy atom. The lowest BCUT2D eigenvalue weighted by atomic mass is 9.95. The summed E-state index contributed by atoms with van der Waals surface area (Å²) in [5.74, 6) is -0.313. The third-order valence-electron chi connectivity index (χ3n) is 6.32. The summed E-state index contributed by atoms with van der Waals surface area (Å²) in [7, 11) is -3.69. The second-order valence-electron chi connectivity index (χ2n) is 8.92. The number of carbonyl (C=O) groups is 1. The summed E-state index contributed by atoms with van der Waals surface area (Å²) in [5.41, 5.74) is 1.90.